The van der Waals surface area contributed by atoms with Gasteiger partial charge in [0.1, 0.15) is 0 Å². The van der Waals surface area contributed by atoms with Crippen LogP contribution in [0.15, 0.2) is 4.52 Å². The fourth-order valence-corrected chi connectivity index (χ4v) is 2.09. The van der Waals surface area contributed by atoms with E-state index in [1.807, 2.05) is 6.92 Å². The smallest absolute Gasteiger partial charge is 0.227 e. The fourth-order valence-electron chi connectivity index (χ4n) is 2.09. The molecule has 2 rings (SSSR count). The van der Waals surface area contributed by atoms with Gasteiger partial charge in [-0.2, -0.15) is 4.98 Å². The number of nitrogens with zero attached hydrogens (tertiary/aromatic N) is 3. The summed E-state index contributed by atoms with van der Waals surface area (Å²) in [5.41, 5.74) is 0. The summed E-state index contributed by atoms with van der Waals surface area (Å²) in [4.78, 5) is 6.68. The minimum Gasteiger partial charge on any atom is -0.339 e. The Morgan fingerprint density at radius 2 is 2.44 bits per heavy atom. The molecule has 16 heavy (non-hydrogen) atoms. The molecule has 1 N–H and O–H groups in total. The van der Waals surface area contributed by atoms with Crippen molar-refractivity contribution in [2.45, 2.75) is 32.7 Å². The van der Waals surface area contributed by atoms with Crippen LogP contribution in [0.5, 0.6) is 0 Å². The van der Waals surface area contributed by atoms with E-state index in [-0.39, 0.29) is 0 Å². The minimum absolute atomic E-state index is 0.576. The van der Waals surface area contributed by atoms with Crippen LogP contribution in [0.25, 0.3) is 0 Å². The molecular formula is C11H20N4O. The Balaban J connectivity index is 1.80. The molecule has 1 aliphatic heterocycles. The Kier molecular flexibility index (Phi) is 3.90. The van der Waals surface area contributed by atoms with E-state index in [1.54, 1.807) is 0 Å². The first kappa shape index (κ1) is 11.5. The monoisotopic (exact) mass is 224 g/mol. The maximum absolute atomic E-state index is 5.11. The van der Waals surface area contributed by atoms with Crippen molar-refractivity contribution in [2.75, 3.05) is 26.2 Å². The maximum Gasteiger partial charge on any atom is 0.227 e. The van der Waals surface area contributed by atoms with Gasteiger partial charge in [-0.25, -0.2) is 0 Å². The molecule has 5 nitrogen and oxygen atoms in total. The van der Waals surface area contributed by atoms with E-state index in [1.165, 1.54) is 6.42 Å². The number of hydrogen-bond acceptors (Lipinski definition) is 5. The van der Waals surface area contributed by atoms with Gasteiger partial charge in [0.2, 0.25) is 5.89 Å². The summed E-state index contributed by atoms with van der Waals surface area (Å²) in [5, 5.41) is 7.28. The number of hydrogen-bond donors (Lipinski definition) is 1. The second-order valence-corrected chi connectivity index (χ2v) is 4.49. The van der Waals surface area contributed by atoms with E-state index in [4.69, 9.17) is 4.52 Å². The molecule has 2 heterocycles. The fraction of sp³-hybridized carbons (Fsp3) is 0.818. The highest BCUT2D eigenvalue weighted by Gasteiger charge is 2.14. The topological polar surface area (TPSA) is 54.2 Å². The molecule has 5 heteroatoms. The predicted molar refractivity (Wildman–Crippen MR) is 61.3 cm³/mol. The zero-order valence-electron chi connectivity index (χ0n) is 10.1. The van der Waals surface area contributed by atoms with Crippen molar-refractivity contribution in [1.29, 1.82) is 0 Å². The molecule has 1 aromatic rings. The number of rotatable bonds is 3. The van der Waals surface area contributed by atoms with Crippen molar-refractivity contribution in [3.05, 3.63) is 11.7 Å². The summed E-state index contributed by atoms with van der Waals surface area (Å²) in [7, 11) is 0. The third-order valence-electron chi connectivity index (χ3n) is 2.89. The van der Waals surface area contributed by atoms with Crippen LogP contribution < -0.4 is 5.32 Å². The molecule has 0 aromatic carbocycles. The Bertz CT molecular complexity index is 326. The quantitative estimate of drug-likeness (QED) is 0.815. The van der Waals surface area contributed by atoms with Gasteiger partial charge in [-0.1, -0.05) is 5.16 Å². The molecule has 0 radical (unpaired) electrons. The Hall–Kier alpha value is -0.940. The van der Waals surface area contributed by atoms with Crippen molar-refractivity contribution < 1.29 is 4.52 Å². The highest BCUT2D eigenvalue weighted by Crippen LogP contribution is 2.03. The van der Waals surface area contributed by atoms with E-state index in [0.717, 1.165) is 44.3 Å². The molecule has 0 amide bonds. The third kappa shape index (κ3) is 3.28. The lowest BCUT2D eigenvalue weighted by Gasteiger charge is -2.21. The van der Waals surface area contributed by atoms with Gasteiger partial charge in [0, 0.05) is 25.6 Å². The predicted octanol–water partition coefficient (Wildman–Crippen LogP) is 0.604. The number of aromatic nitrogens is 2. The first-order valence-electron chi connectivity index (χ1n) is 5.99. The summed E-state index contributed by atoms with van der Waals surface area (Å²) in [6.07, 6.45) is 2.07. The minimum atomic E-state index is 0.576. The molecule has 1 aromatic heterocycles. The van der Waals surface area contributed by atoms with Crippen molar-refractivity contribution >= 4 is 0 Å². The van der Waals surface area contributed by atoms with E-state index in [9.17, 15) is 0 Å². The van der Waals surface area contributed by atoms with Crippen LogP contribution in [0.2, 0.25) is 0 Å². The molecule has 1 saturated heterocycles. The van der Waals surface area contributed by atoms with Gasteiger partial charge in [0.25, 0.3) is 0 Å². The average Bonchev–Trinajstić information content (AvgIpc) is 2.55. The van der Waals surface area contributed by atoms with Crippen LogP contribution in [0.3, 0.4) is 0 Å². The van der Waals surface area contributed by atoms with Crippen molar-refractivity contribution in [2.24, 2.45) is 0 Å². The molecule has 0 aliphatic carbocycles. The van der Waals surface area contributed by atoms with Gasteiger partial charge in [-0.05, 0) is 33.4 Å². The number of nitrogens with one attached hydrogen (secondary N) is 1. The highest BCUT2D eigenvalue weighted by molar-refractivity contribution is 4.84. The molecule has 1 aliphatic rings. The van der Waals surface area contributed by atoms with Crippen LogP contribution in [0.1, 0.15) is 25.1 Å². The van der Waals surface area contributed by atoms with E-state index < -0.39 is 0 Å². The summed E-state index contributed by atoms with van der Waals surface area (Å²) in [6, 6.07) is 0.576. The summed E-state index contributed by atoms with van der Waals surface area (Å²) in [5.74, 6) is 1.48. The first-order chi connectivity index (χ1) is 7.74. The van der Waals surface area contributed by atoms with Gasteiger partial charge in [-0.15, -0.1) is 0 Å². The molecule has 1 atom stereocenters. The molecule has 1 fully saturated rings. The summed E-state index contributed by atoms with van der Waals surface area (Å²) in [6.45, 7) is 8.47. The lowest BCUT2D eigenvalue weighted by molar-refractivity contribution is 0.262. The molecular weight excluding hydrogens is 204 g/mol. The Morgan fingerprint density at radius 1 is 1.56 bits per heavy atom. The van der Waals surface area contributed by atoms with Crippen LogP contribution >= 0.6 is 0 Å². The van der Waals surface area contributed by atoms with E-state index >= 15 is 0 Å². The van der Waals surface area contributed by atoms with Gasteiger partial charge < -0.3 is 14.7 Å². The Morgan fingerprint density at radius 3 is 3.19 bits per heavy atom. The van der Waals surface area contributed by atoms with Crippen LogP contribution in [-0.4, -0.2) is 47.3 Å². The standard InChI is InChI=1S/C11H20N4O/c1-9-8-15(6-3-5-12-9)7-4-11-13-10(2)14-16-11/h9,12H,3-8H2,1-2H3. The molecule has 90 valence electrons. The lowest BCUT2D eigenvalue weighted by atomic mass is 10.3. The normalized spacial score (nSPS) is 23.2. The largest absolute Gasteiger partial charge is 0.339 e. The van der Waals surface area contributed by atoms with Crippen LogP contribution in [0.4, 0.5) is 0 Å². The van der Waals surface area contributed by atoms with Crippen LogP contribution in [-0.2, 0) is 6.42 Å². The Labute approximate surface area is 96.2 Å². The summed E-state index contributed by atoms with van der Waals surface area (Å²) < 4.78 is 5.11. The molecule has 0 spiro atoms. The van der Waals surface area contributed by atoms with Gasteiger partial charge in [0.05, 0.1) is 0 Å². The summed E-state index contributed by atoms with van der Waals surface area (Å²) >= 11 is 0. The van der Waals surface area contributed by atoms with Gasteiger partial charge >= 0.3 is 0 Å². The zero-order chi connectivity index (χ0) is 11.4. The van der Waals surface area contributed by atoms with Gasteiger partial charge in [-0.3, -0.25) is 0 Å². The molecule has 0 bridgehead atoms. The third-order valence-corrected chi connectivity index (χ3v) is 2.89. The molecule has 0 saturated carbocycles. The van der Waals surface area contributed by atoms with Crippen molar-refractivity contribution in [1.82, 2.24) is 20.4 Å². The molecule has 1 unspecified atom stereocenters. The number of aryl methyl sites for hydroxylation is 1. The van der Waals surface area contributed by atoms with E-state index in [2.05, 4.69) is 27.3 Å². The van der Waals surface area contributed by atoms with Crippen molar-refractivity contribution in [3.63, 3.8) is 0 Å². The lowest BCUT2D eigenvalue weighted by Crippen LogP contribution is -2.36. The average molecular weight is 224 g/mol. The van der Waals surface area contributed by atoms with Gasteiger partial charge in [0.15, 0.2) is 5.82 Å². The maximum atomic E-state index is 5.11. The first-order valence-corrected chi connectivity index (χ1v) is 5.99. The SMILES string of the molecule is Cc1noc(CCN2CCCNC(C)C2)n1. The van der Waals surface area contributed by atoms with E-state index in [0.29, 0.717) is 6.04 Å². The zero-order valence-corrected chi connectivity index (χ0v) is 10.1. The highest BCUT2D eigenvalue weighted by atomic mass is 16.5. The van der Waals surface area contributed by atoms with Crippen LogP contribution in [0, 0.1) is 6.92 Å². The second kappa shape index (κ2) is 5.41. The van der Waals surface area contributed by atoms with Crippen molar-refractivity contribution in [3.8, 4) is 0 Å². The second-order valence-electron chi connectivity index (χ2n) is 4.49.